The fraction of sp³-hybridized carbons (Fsp3) is 0.200. The molecular formula is C15H13F2N3OS. The Morgan fingerprint density at radius 1 is 1.27 bits per heavy atom. The predicted molar refractivity (Wildman–Crippen MR) is 79.8 cm³/mol. The topological polar surface area (TPSA) is 46.4 Å². The van der Waals surface area contributed by atoms with Crippen LogP contribution in [-0.2, 0) is 17.6 Å². The lowest BCUT2D eigenvalue weighted by molar-refractivity contribution is -0.120. The van der Waals surface area contributed by atoms with Gasteiger partial charge < -0.3 is 5.32 Å². The number of carbonyl (C=O) groups excluding carboxylic acids is 1. The van der Waals surface area contributed by atoms with E-state index in [4.69, 9.17) is 0 Å². The minimum atomic E-state index is -0.612. The van der Waals surface area contributed by atoms with Crippen LogP contribution in [0, 0.1) is 11.6 Å². The van der Waals surface area contributed by atoms with E-state index in [0.717, 1.165) is 11.0 Å². The van der Waals surface area contributed by atoms with Gasteiger partial charge in [-0.15, -0.1) is 11.3 Å². The second-order valence-electron chi connectivity index (χ2n) is 4.88. The van der Waals surface area contributed by atoms with Crippen molar-refractivity contribution in [3.63, 3.8) is 0 Å². The Balaban J connectivity index is 1.50. The van der Waals surface area contributed by atoms with Gasteiger partial charge in [-0.05, 0) is 24.1 Å². The molecule has 0 aliphatic carbocycles. The Hall–Kier alpha value is -2.28. The standard InChI is InChI=1S/C15H13F2N3OS/c16-11-5-10(6-12(17)7-11)1-2-18-14(21)8-13-9-20-3-4-22-15(20)19-13/h3-7,9H,1-2,8H2,(H,18,21). The highest BCUT2D eigenvalue weighted by atomic mass is 32.1. The molecule has 0 fully saturated rings. The van der Waals surface area contributed by atoms with Crippen LogP contribution in [0.3, 0.4) is 0 Å². The van der Waals surface area contributed by atoms with E-state index >= 15 is 0 Å². The molecule has 2 heterocycles. The van der Waals surface area contributed by atoms with Gasteiger partial charge in [0, 0.05) is 30.4 Å². The summed E-state index contributed by atoms with van der Waals surface area (Å²) in [6.07, 6.45) is 4.25. The lowest BCUT2D eigenvalue weighted by Gasteiger charge is -2.05. The number of carbonyl (C=O) groups is 1. The van der Waals surface area contributed by atoms with Crippen molar-refractivity contribution >= 4 is 22.2 Å². The van der Waals surface area contributed by atoms with Gasteiger partial charge in [-0.3, -0.25) is 9.20 Å². The smallest absolute Gasteiger partial charge is 0.226 e. The van der Waals surface area contributed by atoms with Crippen LogP contribution >= 0.6 is 11.3 Å². The Kier molecular flexibility index (Phi) is 4.15. The van der Waals surface area contributed by atoms with Crippen molar-refractivity contribution < 1.29 is 13.6 Å². The molecule has 2 aromatic heterocycles. The third-order valence-electron chi connectivity index (χ3n) is 3.14. The number of fused-ring (bicyclic) bond motifs is 1. The Morgan fingerprint density at radius 3 is 2.77 bits per heavy atom. The molecule has 0 spiro atoms. The highest BCUT2D eigenvalue weighted by molar-refractivity contribution is 7.15. The summed E-state index contributed by atoms with van der Waals surface area (Å²) in [6, 6.07) is 3.35. The number of imidazole rings is 1. The minimum Gasteiger partial charge on any atom is -0.355 e. The van der Waals surface area contributed by atoms with Gasteiger partial charge in [0.25, 0.3) is 0 Å². The average molecular weight is 321 g/mol. The van der Waals surface area contributed by atoms with Gasteiger partial charge >= 0.3 is 0 Å². The first-order chi connectivity index (χ1) is 10.6. The fourth-order valence-corrected chi connectivity index (χ4v) is 2.91. The number of nitrogens with one attached hydrogen (secondary N) is 1. The molecule has 114 valence electrons. The van der Waals surface area contributed by atoms with Crippen molar-refractivity contribution in [2.75, 3.05) is 6.54 Å². The summed E-state index contributed by atoms with van der Waals surface area (Å²) in [7, 11) is 0. The second kappa shape index (κ2) is 6.23. The molecule has 1 aromatic carbocycles. The van der Waals surface area contributed by atoms with Crippen LogP contribution in [0.2, 0.25) is 0 Å². The fourth-order valence-electron chi connectivity index (χ4n) is 2.19. The van der Waals surface area contributed by atoms with Gasteiger partial charge in [-0.1, -0.05) is 0 Å². The Morgan fingerprint density at radius 2 is 2.05 bits per heavy atom. The summed E-state index contributed by atoms with van der Waals surface area (Å²) in [5.74, 6) is -1.39. The number of thiazole rings is 1. The minimum absolute atomic E-state index is 0.164. The molecule has 1 amide bonds. The van der Waals surface area contributed by atoms with Crippen molar-refractivity contribution in [3.05, 3.63) is 58.9 Å². The molecule has 0 atom stereocenters. The van der Waals surface area contributed by atoms with E-state index < -0.39 is 11.6 Å². The first-order valence-electron chi connectivity index (χ1n) is 6.73. The molecule has 3 aromatic rings. The Bertz CT molecular complexity index is 763. The predicted octanol–water partition coefficient (Wildman–Crippen LogP) is 2.58. The van der Waals surface area contributed by atoms with E-state index in [1.807, 2.05) is 22.2 Å². The molecule has 0 saturated carbocycles. The molecule has 0 aliphatic rings. The number of nitrogens with zero attached hydrogens (tertiary/aromatic N) is 2. The highest BCUT2D eigenvalue weighted by Crippen LogP contribution is 2.11. The highest BCUT2D eigenvalue weighted by Gasteiger charge is 2.08. The quantitative estimate of drug-likeness (QED) is 0.785. The lowest BCUT2D eigenvalue weighted by Crippen LogP contribution is -2.27. The summed E-state index contributed by atoms with van der Waals surface area (Å²) in [5.41, 5.74) is 1.21. The third-order valence-corrected chi connectivity index (χ3v) is 3.91. The number of aromatic nitrogens is 2. The number of hydrogen-bond donors (Lipinski definition) is 1. The van der Waals surface area contributed by atoms with Crippen LogP contribution in [0.5, 0.6) is 0 Å². The summed E-state index contributed by atoms with van der Waals surface area (Å²) in [5, 5.41) is 4.65. The van der Waals surface area contributed by atoms with Crippen LogP contribution in [0.1, 0.15) is 11.3 Å². The van der Waals surface area contributed by atoms with Crippen LogP contribution in [0.25, 0.3) is 4.96 Å². The van der Waals surface area contributed by atoms with E-state index in [-0.39, 0.29) is 12.3 Å². The summed E-state index contributed by atoms with van der Waals surface area (Å²) < 4.78 is 27.9. The summed E-state index contributed by atoms with van der Waals surface area (Å²) in [4.78, 5) is 17.0. The molecule has 7 heteroatoms. The van der Waals surface area contributed by atoms with Gasteiger partial charge in [0.05, 0.1) is 12.1 Å². The van der Waals surface area contributed by atoms with Crippen molar-refractivity contribution in [2.24, 2.45) is 0 Å². The maximum absolute atomic E-state index is 13.0. The maximum Gasteiger partial charge on any atom is 0.226 e. The van der Waals surface area contributed by atoms with E-state index in [0.29, 0.717) is 24.2 Å². The van der Waals surface area contributed by atoms with E-state index in [1.54, 1.807) is 0 Å². The van der Waals surface area contributed by atoms with Gasteiger partial charge in [-0.25, -0.2) is 13.8 Å². The molecule has 0 unspecified atom stereocenters. The van der Waals surface area contributed by atoms with Gasteiger partial charge in [0.2, 0.25) is 5.91 Å². The van der Waals surface area contributed by atoms with Crippen LogP contribution in [0.4, 0.5) is 8.78 Å². The third kappa shape index (κ3) is 3.48. The monoisotopic (exact) mass is 321 g/mol. The largest absolute Gasteiger partial charge is 0.355 e. The lowest BCUT2D eigenvalue weighted by atomic mass is 10.1. The number of rotatable bonds is 5. The Labute approximate surface area is 129 Å². The SMILES string of the molecule is O=C(Cc1cn2ccsc2n1)NCCc1cc(F)cc(F)c1. The van der Waals surface area contributed by atoms with Crippen LogP contribution in [0.15, 0.2) is 36.0 Å². The number of halogens is 2. The first-order valence-corrected chi connectivity index (χ1v) is 7.61. The van der Waals surface area contributed by atoms with Crippen LogP contribution < -0.4 is 5.32 Å². The van der Waals surface area contributed by atoms with Crippen molar-refractivity contribution in [1.82, 2.24) is 14.7 Å². The average Bonchev–Trinajstić information content (AvgIpc) is 2.98. The molecular weight excluding hydrogens is 308 g/mol. The maximum atomic E-state index is 13.0. The molecule has 4 nitrogen and oxygen atoms in total. The zero-order valence-corrected chi connectivity index (χ0v) is 12.4. The van der Waals surface area contributed by atoms with E-state index in [1.165, 1.54) is 23.5 Å². The van der Waals surface area contributed by atoms with E-state index in [9.17, 15) is 13.6 Å². The normalized spacial score (nSPS) is 11.0. The number of amides is 1. The van der Waals surface area contributed by atoms with Gasteiger partial charge in [0.1, 0.15) is 11.6 Å². The summed E-state index contributed by atoms with van der Waals surface area (Å²) in [6.45, 7) is 0.323. The molecule has 0 aliphatic heterocycles. The molecule has 22 heavy (non-hydrogen) atoms. The zero-order valence-electron chi connectivity index (χ0n) is 11.6. The number of benzene rings is 1. The molecule has 0 bridgehead atoms. The first kappa shape index (κ1) is 14.6. The summed E-state index contributed by atoms with van der Waals surface area (Å²) >= 11 is 1.50. The molecule has 0 saturated heterocycles. The zero-order chi connectivity index (χ0) is 15.5. The van der Waals surface area contributed by atoms with Gasteiger partial charge in [0.15, 0.2) is 4.96 Å². The molecule has 0 radical (unpaired) electrons. The number of hydrogen-bond acceptors (Lipinski definition) is 3. The van der Waals surface area contributed by atoms with Crippen LogP contribution in [-0.4, -0.2) is 21.8 Å². The second-order valence-corrected chi connectivity index (χ2v) is 5.75. The van der Waals surface area contributed by atoms with Crippen molar-refractivity contribution in [1.29, 1.82) is 0 Å². The molecule has 1 N–H and O–H groups in total. The van der Waals surface area contributed by atoms with Crippen molar-refractivity contribution in [3.8, 4) is 0 Å². The van der Waals surface area contributed by atoms with Crippen molar-refractivity contribution in [2.45, 2.75) is 12.8 Å². The molecule has 3 rings (SSSR count). The van der Waals surface area contributed by atoms with Gasteiger partial charge in [-0.2, -0.15) is 0 Å². The van der Waals surface area contributed by atoms with E-state index in [2.05, 4.69) is 10.3 Å².